The predicted molar refractivity (Wildman–Crippen MR) is 124 cm³/mol. The fraction of sp³-hybridized carbons (Fsp3) is 0.269. The Morgan fingerprint density at radius 3 is 2.38 bits per heavy atom. The van der Waals surface area contributed by atoms with E-state index in [4.69, 9.17) is 0 Å². The van der Waals surface area contributed by atoms with Crippen molar-refractivity contribution in [1.29, 1.82) is 0 Å². The summed E-state index contributed by atoms with van der Waals surface area (Å²) in [4.78, 5) is 42.0. The average molecular weight is 430 g/mol. The van der Waals surface area contributed by atoms with Gasteiger partial charge in [0.25, 0.3) is 5.91 Å². The molecule has 1 aromatic heterocycles. The molecule has 0 aliphatic carbocycles. The van der Waals surface area contributed by atoms with Gasteiger partial charge in [-0.2, -0.15) is 0 Å². The molecule has 164 valence electrons. The third kappa shape index (κ3) is 4.21. The molecule has 2 amide bonds. The van der Waals surface area contributed by atoms with Crippen molar-refractivity contribution in [1.82, 2.24) is 14.4 Å². The molecule has 2 heterocycles. The Hall–Kier alpha value is -3.67. The minimum Gasteiger partial charge on any atom is -0.339 e. The van der Waals surface area contributed by atoms with Gasteiger partial charge in [0.1, 0.15) is 6.04 Å². The molecule has 1 saturated heterocycles. The Bertz CT molecular complexity index is 1190. The molecule has 1 aliphatic rings. The van der Waals surface area contributed by atoms with Gasteiger partial charge in [-0.3, -0.25) is 14.4 Å². The highest BCUT2D eigenvalue weighted by Gasteiger charge is 2.37. The summed E-state index contributed by atoms with van der Waals surface area (Å²) in [7, 11) is 1.62. The molecule has 6 nitrogen and oxygen atoms in total. The quantitative estimate of drug-likeness (QED) is 0.627. The molecule has 1 fully saturated rings. The maximum absolute atomic E-state index is 13.4. The number of hydrogen-bond acceptors (Lipinski definition) is 3. The maximum atomic E-state index is 13.4. The van der Waals surface area contributed by atoms with Gasteiger partial charge in [-0.1, -0.05) is 54.6 Å². The van der Waals surface area contributed by atoms with E-state index in [-0.39, 0.29) is 17.4 Å². The van der Waals surface area contributed by atoms with Crippen molar-refractivity contribution in [3.63, 3.8) is 0 Å². The van der Waals surface area contributed by atoms with Gasteiger partial charge < -0.3 is 14.4 Å². The fourth-order valence-electron chi connectivity index (χ4n) is 4.29. The van der Waals surface area contributed by atoms with Crippen LogP contribution in [0.3, 0.4) is 0 Å². The van der Waals surface area contributed by atoms with Gasteiger partial charge in [-0.25, -0.2) is 0 Å². The van der Waals surface area contributed by atoms with Gasteiger partial charge in [-0.15, -0.1) is 0 Å². The molecule has 2 aromatic carbocycles. The number of aryl methyl sites for hydroxylation is 1. The van der Waals surface area contributed by atoms with E-state index in [0.29, 0.717) is 31.6 Å². The average Bonchev–Trinajstić information content (AvgIpc) is 2.82. The number of benzene rings is 2. The summed E-state index contributed by atoms with van der Waals surface area (Å²) >= 11 is 0. The molecule has 32 heavy (non-hydrogen) atoms. The number of amides is 2. The Labute approximate surface area is 187 Å². The third-order valence-corrected chi connectivity index (χ3v) is 6.07. The summed E-state index contributed by atoms with van der Waals surface area (Å²) < 4.78 is 1.39. The lowest BCUT2D eigenvalue weighted by Crippen LogP contribution is -2.59. The first kappa shape index (κ1) is 21.6. The summed E-state index contributed by atoms with van der Waals surface area (Å²) in [5.74, 6) is -0.272. The second-order valence-corrected chi connectivity index (χ2v) is 8.03. The van der Waals surface area contributed by atoms with Crippen LogP contribution in [0.25, 0.3) is 11.1 Å². The van der Waals surface area contributed by atoms with Crippen molar-refractivity contribution in [2.45, 2.75) is 19.4 Å². The smallest absolute Gasteiger partial charge is 0.256 e. The molecule has 3 aromatic rings. The van der Waals surface area contributed by atoms with Crippen LogP contribution in [0.15, 0.2) is 77.7 Å². The van der Waals surface area contributed by atoms with E-state index in [1.165, 1.54) is 22.9 Å². The van der Waals surface area contributed by atoms with Crippen LogP contribution in [-0.2, 0) is 18.3 Å². The summed E-state index contributed by atoms with van der Waals surface area (Å²) in [5.41, 5.74) is 3.39. The van der Waals surface area contributed by atoms with Crippen LogP contribution in [0.4, 0.5) is 0 Å². The minimum atomic E-state index is -0.599. The van der Waals surface area contributed by atoms with E-state index in [2.05, 4.69) is 6.07 Å². The lowest BCUT2D eigenvalue weighted by Gasteiger charge is -2.40. The Kier molecular flexibility index (Phi) is 6.21. The number of carbonyl (C=O) groups excluding carboxylic acids is 2. The van der Waals surface area contributed by atoms with Crippen molar-refractivity contribution >= 4 is 11.8 Å². The number of piperazine rings is 1. The van der Waals surface area contributed by atoms with Gasteiger partial charge in [-0.05, 0) is 29.7 Å². The van der Waals surface area contributed by atoms with Crippen molar-refractivity contribution in [2.75, 3.05) is 19.6 Å². The zero-order valence-corrected chi connectivity index (χ0v) is 18.4. The van der Waals surface area contributed by atoms with Gasteiger partial charge in [0, 0.05) is 45.4 Å². The van der Waals surface area contributed by atoms with E-state index >= 15 is 0 Å². The number of rotatable bonds is 5. The normalized spacial score (nSPS) is 16.3. The SMILES string of the molecule is CCN1CCN(C(=O)c2ccc(=O)n(C)c2)[C@@H](Cc2ccccc2-c2ccccc2)C1=O. The third-order valence-electron chi connectivity index (χ3n) is 6.07. The van der Waals surface area contributed by atoms with Crippen molar-refractivity contribution < 1.29 is 9.59 Å². The standard InChI is InChI=1S/C26H27N3O3/c1-3-28-15-16-29(25(31)21-13-14-24(30)27(2)18-21)23(26(28)32)17-20-11-7-8-12-22(20)19-9-5-4-6-10-19/h4-14,18,23H,3,15-17H2,1-2H3/t23-/m0/s1. The number of hydrogen-bond donors (Lipinski definition) is 0. The highest BCUT2D eigenvalue weighted by molar-refractivity contribution is 5.98. The zero-order valence-electron chi connectivity index (χ0n) is 18.4. The zero-order chi connectivity index (χ0) is 22.7. The lowest BCUT2D eigenvalue weighted by molar-refractivity contribution is -0.139. The van der Waals surface area contributed by atoms with E-state index in [1.807, 2.05) is 55.5 Å². The fourth-order valence-corrected chi connectivity index (χ4v) is 4.29. The number of likely N-dealkylation sites (N-methyl/N-ethyl adjacent to an activating group) is 1. The second kappa shape index (κ2) is 9.22. The molecule has 4 rings (SSSR count). The van der Waals surface area contributed by atoms with Crippen LogP contribution < -0.4 is 5.56 Å². The monoisotopic (exact) mass is 429 g/mol. The van der Waals surface area contributed by atoms with Crippen LogP contribution in [0.2, 0.25) is 0 Å². The van der Waals surface area contributed by atoms with Gasteiger partial charge in [0.2, 0.25) is 11.5 Å². The molecule has 6 heteroatoms. The number of aromatic nitrogens is 1. The minimum absolute atomic E-state index is 0.0419. The van der Waals surface area contributed by atoms with Gasteiger partial charge in [0.15, 0.2) is 0 Å². The first-order valence-corrected chi connectivity index (χ1v) is 10.9. The van der Waals surface area contributed by atoms with Gasteiger partial charge >= 0.3 is 0 Å². The molecule has 1 aliphatic heterocycles. The maximum Gasteiger partial charge on any atom is 0.256 e. The first-order chi connectivity index (χ1) is 15.5. The van der Waals surface area contributed by atoms with E-state index in [9.17, 15) is 14.4 Å². The van der Waals surface area contributed by atoms with Crippen LogP contribution in [0.5, 0.6) is 0 Å². The van der Waals surface area contributed by atoms with Gasteiger partial charge in [0.05, 0.1) is 5.56 Å². The summed E-state index contributed by atoms with van der Waals surface area (Å²) in [6, 6.07) is 20.4. The predicted octanol–water partition coefficient (Wildman–Crippen LogP) is 2.97. The van der Waals surface area contributed by atoms with Crippen LogP contribution >= 0.6 is 0 Å². The Morgan fingerprint density at radius 2 is 1.66 bits per heavy atom. The summed E-state index contributed by atoms with van der Waals surface area (Å²) in [6.45, 7) is 3.53. The molecular formula is C26H27N3O3. The van der Waals surface area contributed by atoms with Crippen molar-refractivity contribution in [3.05, 3.63) is 94.4 Å². The molecular weight excluding hydrogens is 402 g/mol. The topological polar surface area (TPSA) is 62.6 Å². The Morgan fingerprint density at radius 1 is 0.938 bits per heavy atom. The van der Waals surface area contributed by atoms with Crippen molar-refractivity contribution in [3.8, 4) is 11.1 Å². The molecule has 0 spiro atoms. The molecule has 0 saturated carbocycles. The second-order valence-electron chi connectivity index (χ2n) is 8.03. The molecule has 0 radical (unpaired) electrons. The van der Waals surface area contributed by atoms with Crippen LogP contribution in [-0.4, -0.2) is 51.9 Å². The lowest BCUT2D eigenvalue weighted by atomic mass is 9.93. The highest BCUT2D eigenvalue weighted by atomic mass is 16.2. The summed E-state index contributed by atoms with van der Waals surface area (Å²) in [5, 5.41) is 0. The van der Waals surface area contributed by atoms with Crippen LogP contribution in [0, 0.1) is 0 Å². The van der Waals surface area contributed by atoms with E-state index in [0.717, 1.165) is 16.7 Å². The number of nitrogens with zero attached hydrogens (tertiary/aromatic N) is 3. The summed E-state index contributed by atoms with van der Waals surface area (Å²) in [6.07, 6.45) is 1.97. The van der Waals surface area contributed by atoms with E-state index < -0.39 is 6.04 Å². The number of carbonyl (C=O) groups is 2. The Balaban J connectivity index is 1.70. The molecule has 0 unspecified atom stereocenters. The molecule has 0 bridgehead atoms. The largest absolute Gasteiger partial charge is 0.339 e. The van der Waals surface area contributed by atoms with Crippen molar-refractivity contribution in [2.24, 2.45) is 7.05 Å². The molecule has 1 atom stereocenters. The van der Waals surface area contributed by atoms with E-state index in [1.54, 1.807) is 16.8 Å². The molecule has 0 N–H and O–H groups in total. The first-order valence-electron chi connectivity index (χ1n) is 10.9. The number of pyridine rings is 1. The van der Waals surface area contributed by atoms with Crippen LogP contribution in [0.1, 0.15) is 22.8 Å². The highest BCUT2D eigenvalue weighted by Crippen LogP contribution is 2.27.